The van der Waals surface area contributed by atoms with Crippen molar-refractivity contribution in [3.05, 3.63) is 24.2 Å². The van der Waals surface area contributed by atoms with Gasteiger partial charge in [0.2, 0.25) is 5.91 Å². The molecule has 10 heteroatoms. The Bertz CT molecular complexity index is 812. The maximum Gasteiger partial charge on any atom is 0.321 e. The quantitative estimate of drug-likeness (QED) is 0.819. The summed E-state index contributed by atoms with van der Waals surface area (Å²) in [6.45, 7) is -0.688. The Balaban J connectivity index is 1.74. The van der Waals surface area contributed by atoms with Crippen molar-refractivity contribution < 1.29 is 18.4 Å². The van der Waals surface area contributed by atoms with E-state index in [1.54, 1.807) is 12.3 Å². The van der Waals surface area contributed by atoms with Crippen LogP contribution in [0.3, 0.4) is 0 Å². The number of imidazole rings is 1. The molecule has 2 aliphatic heterocycles. The summed E-state index contributed by atoms with van der Waals surface area (Å²) >= 11 is 0. The number of urea groups is 1. The molecule has 1 unspecified atom stereocenters. The van der Waals surface area contributed by atoms with Gasteiger partial charge in [0.1, 0.15) is 0 Å². The number of alkyl halides is 2. The number of carbonyl (C=O) groups excluding carboxylic acids is 2. The Hall–Kier alpha value is -2.78. The largest absolute Gasteiger partial charge is 0.356 e. The molecule has 3 amide bonds. The molecule has 2 N–H and O–H groups in total. The standard InChI is InChI=1S/C13H12F2N6O2/c14-13(15)5-20(6-13)9-3-8(19-21-2-1-16-10(9)21)7-4-17-12(23)18-11(7)22/h1-3,7H,4-6H2,(H2,17,18,22,23). The lowest BCUT2D eigenvalue weighted by atomic mass is 10.0. The zero-order chi connectivity index (χ0) is 16.2. The highest BCUT2D eigenvalue weighted by atomic mass is 19.3. The minimum Gasteiger partial charge on any atom is -0.356 e. The van der Waals surface area contributed by atoms with E-state index in [9.17, 15) is 18.4 Å². The Labute approximate surface area is 128 Å². The number of carbonyl (C=O) groups is 2. The van der Waals surface area contributed by atoms with Crippen LogP contribution in [0.5, 0.6) is 0 Å². The van der Waals surface area contributed by atoms with Gasteiger partial charge in [-0.2, -0.15) is 5.10 Å². The van der Waals surface area contributed by atoms with E-state index in [1.807, 2.05) is 0 Å². The normalized spacial score (nSPS) is 23.4. The first-order valence-electron chi connectivity index (χ1n) is 6.99. The second-order valence-electron chi connectivity index (χ2n) is 5.61. The minimum atomic E-state index is -2.72. The molecule has 4 heterocycles. The van der Waals surface area contributed by atoms with Crippen LogP contribution in [0.4, 0.5) is 19.3 Å². The third-order valence-corrected chi connectivity index (χ3v) is 3.92. The lowest BCUT2D eigenvalue weighted by Gasteiger charge is -2.40. The van der Waals surface area contributed by atoms with Gasteiger partial charge in [-0.25, -0.2) is 23.1 Å². The molecule has 2 fully saturated rings. The van der Waals surface area contributed by atoms with Crippen LogP contribution in [0, 0.1) is 0 Å². The summed E-state index contributed by atoms with van der Waals surface area (Å²) in [5.41, 5.74) is 1.33. The summed E-state index contributed by atoms with van der Waals surface area (Å²) in [6, 6.07) is 1.02. The number of imide groups is 1. The smallest absolute Gasteiger partial charge is 0.321 e. The van der Waals surface area contributed by atoms with Crippen molar-refractivity contribution in [2.24, 2.45) is 0 Å². The van der Waals surface area contributed by atoms with Gasteiger partial charge in [-0.1, -0.05) is 0 Å². The lowest BCUT2D eigenvalue weighted by molar-refractivity contribution is -0.122. The third-order valence-electron chi connectivity index (χ3n) is 3.92. The van der Waals surface area contributed by atoms with E-state index in [0.29, 0.717) is 17.0 Å². The molecule has 0 aliphatic carbocycles. The van der Waals surface area contributed by atoms with Crippen molar-refractivity contribution in [3.63, 3.8) is 0 Å². The Morgan fingerprint density at radius 3 is 2.78 bits per heavy atom. The topological polar surface area (TPSA) is 91.6 Å². The fraction of sp³-hybridized carbons (Fsp3) is 0.385. The SMILES string of the molecule is O=C1NCC(c2cc(N3CC(F)(F)C3)c3nccn3n2)C(=O)N1. The molecule has 0 saturated carbocycles. The van der Waals surface area contributed by atoms with Gasteiger partial charge in [0.15, 0.2) is 5.65 Å². The molecule has 2 aromatic rings. The molecule has 2 aliphatic rings. The number of anilines is 1. The van der Waals surface area contributed by atoms with Crippen LogP contribution in [-0.4, -0.2) is 52.1 Å². The summed E-state index contributed by atoms with van der Waals surface area (Å²) in [5.74, 6) is -3.87. The molecule has 8 nitrogen and oxygen atoms in total. The van der Waals surface area contributed by atoms with Gasteiger partial charge >= 0.3 is 6.03 Å². The molecule has 23 heavy (non-hydrogen) atoms. The van der Waals surface area contributed by atoms with E-state index >= 15 is 0 Å². The zero-order valence-electron chi connectivity index (χ0n) is 11.8. The van der Waals surface area contributed by atoms with Crippen LogP contribution in [0.1, 0.15) is 11.6 Å². The number of aromatic nitrogens is 3. The van der Waals surface area contributed by atoms with Crippen LogP contribution < -0.4 is 15.5 Å². The highest BCUT2D eigenvalue weighted by Gasteiger charge is 2.45. The number of rotatable bonds is 2. The molecule has 0 radical (unpaired) electrons. The maximum atomic E-state index is 13.2. The average Bonchev–Trinajstić information content (AvgIpc) is 2.92. The molecule has 0 bridgehead atoms. The fourth-order valence-corrected chi connectivity index (χ4v) is 2.77. The van der Waals surface area contributed by atoms with Crippen LogP contribution in [0.15, 0.2) is 18.5 Å². The van der Waals surface area contributed by atoms with Gasteiger partial charge in [0.25, 0.3) is 5.92 Å². The van der Waals surface area contributed by atoms with E-state index in [0.717, 1.165) is 0 Å². The lowest BCUT2D eigenvalue weighted by Crippen LogP contribution is -2.56. The number of halogens is 2. The predicted molar refractivity (Wildman–Crippen MR) is 74.4 cm³/mol. The summed E-state index contributed by atoms with van der Waals surface area (Å²) in [5, 5.41) is 9.00. The number of hydrogen-bond donors (Lipinski definition) is 2. The molecule has 2 saturated heterocycles. The van der Waals surface area contributed by atoms with Gasteiger partial charge in [0, 0.05) is 18.9 Å². The van der Waals surface area contributed by atoms with Crippen molar-refractivity contribution in [1.82, 2.24) is 25.2 Å². The predicted octanol–water partition coefficient (Wildman–Crippen LogP) is 0.108. The van der Waals surface area contributed by atoms with Crippen LogP contribution >= 0.6 is 0 Å². The van der Waals surface area contributed by atoms with E-state index in [1.165, 1.54) is 15.6 Å². The van der Waals surface area contributed by atoms with Crippen molar-refractivity contribution in [3.8, 4) is 0 Å². The van der Waals surface area contributed by atoms with E-state index in [2.05, 4.69) is 20.7 Å². The van der Waals surface area contributed by atoms with Crippen molar-refractivity contribution >= 4 is 23.3 Å². The van der Waals surface area contributed by atoms with E-state index < -0.39 is 36.9 Å². The molecular formula is C13H12F2N6O2. The Kier molecular flexibility index (Phi) is 2.77. The van der Waals surface area contributed by atoms with Crippen molar-refractivity contribution in [2.75, 3.05) is 24.5 Å². The Morgan fingerprint density at radius 2 is 2.09 bits per heavy atom. The summed E-state index contributed by atoms with van der Waals surface area (Å²) < 4.78 is 27.8. The second kappa shape index (κ2) is 4.61. The monoisotopic (exact) mass is 322 g/mol. The van der Waals surface area contributed by atoms with Gasteiger partial charge in [-0.05, 0) is 6.07 Å². The van der Waals surface area contributed by atoms with Crippen LogP contribution in [-0.2, 0) is 4.79 Å². The number of nitrogens with one attached hydrogen (secondary N) is 2. The number of hydrogen-bond acceptors (Lipinski definition) is 5. The minimum absolute atomic E-state index is 0.105. The first-order valence-corrected chi connectivity index (χ1v) is 6.99. The maximum absolute atomic E-state index is 13.2. The summed E-state index contributed by atoms with van der Waals surface area (Å²) in [7, 11) is 0. The van der Waals surface area contributed by atoms with Gasteiger partial charge in [0.05, 0.1) is 30.4 Å². The first kappa shape index (κ1) is 13.9. The molecule has 4 rings (SSSR count). The van der Waals surface area contributed by atoms with Gasteiger partial charge < -0.3 is 10.2 Å². The van der Waals surface area contributed by atoms with Crippen molar-refractivity contribution in [1.29, 1.82) is 0 Å². The van der Waals surface area contributed by atoms with Gasteiger partial charge in [-0.3, -0.25) is 10.1 Å². The molecule has 1 atom stereocenters. The number of fused-ring (bicyclic) bond motifs is 1. The first-order chi connectivity index (χ1) is 10.9. The zero-order valence-corrected chi connectivity index (χ0v) is 11.8. The molecule has 2 aromatic heterocycles. The molecule has 0 aromatic carbocycles. The summed E-state index contributed by atoms with van der Waals surface area (Å²) in [6.07, 6.45) is 3.09. The summed E-state index contributed by atoms with van der Waals surface area (Å²) in [4.78, 5) is 28.8. The van der Waals surface area contributed by atoms with Crippen LogP contribution in [0.2, 0.25) is 0 Å². The number of nitrogens with zero attached hydrogens (tertiary/aromatic N) is 4. The van der Waals surface area contributed by atoms with Crippen LogP contribution in [0.25, 0.3) is 5.65 Å². The highest BCUT2D eigenvalue weighted by Crippen LogP contribution is 2.34. The van der Waals surface area contributed by atoms with E-state index in [-0.39, 0.29) is 6.54 Å². The second-order valence-corrected chi connectivity index (χ2v) is 5.61. The molecular weight excluding hydrogens is 310 g/mol. The Morgan fingerprint density at radius 1 is 1.30 bits per heavy atom. The average molecular weight is 322 g/mol. The van der Waals surface area contributed by atoms with E-state index in [4.69, 9.17) is 0 Å². The van der Waals surface area contributed by atoms with Gasteiger partial charge in [-0.15, -0.1) is 0 Å². The highest BCUT2D eigenvalue weighted by molar-refractivity contribution is 6.00. The van der Waals surface area contributed by atoms with Crippen molar-refractivity contribution in [2.45, 2.75) is 11.8 Å². The molecule has 0 spiro atoms. The number of amides is 3. The molecule has 120 valence electrons. The fourth-order valence-electron chi connectivity index (χ4n) is 2.77. The third kappa shape index (κ3) is 2.26.